The molecule has 0 aromatic carbocycles. The van der Waals surface area contributed by atoms with Crippen LogP contribution in [0.25, 0.3) is 0 Å². The summed E-state index contributed by atoms with van der Waals surface area (Å²) in [5, 5.41) is 8.73. The third-order valence-corrected chi connectivity index (χ3v) is 2.17. The van der Waals surface area contributed by atoms with Crippen LogP contribution in [0.5, 0.6) is 0 Å². The van der Waals surface area contributed by atoms with Gasteiger partial charge in [0.2, 0.25) is 0 Å². The van der Waals surface area contributed by atoms with Gasteiger partial charge in [-0.15, -0.1) is 0 Å². The number of H-pyrrole nitrogens is 2. The molecule has 60 valence electrons. The molecule has 0 saturated carbocycles. The first-order valence-electron chi connectivity index (χ1n) is 3.82. The maximum atomic E-state index is 11.1. The van der Waals surface area contributed by atoms with Crippen molar-refractivity contribution in [2.24, 2.45) is 0 Å². The normalized spacial score (nSPS) is 23.2. The van der Waals surface area contributed by atoms with Crippen LogP contribution in [0.3, 0.4) is 0 Å². The van der Waals surface area contributed by atoms with Gasteiger partial charge < -0.3 is 10.4 Å². The number of nitrogens with one attached hydrogen (secondary N) is 3. The summed E-state index contributed by atoms with van der Waals surface area (Å²) in [6.07, 6.45) is 0.832. The zero-order valence-electron chi connectivity index (χ0n) is 6.40. The summed E-state index contributed by atoms with van der Waals surface area (Å²) in [4.78, 5) is 11.1. The number of rotatable bonds is 0. The van der Waals surface area contributed by atoms with Gasteiger partial charge in [-0.1, -0.05) is 0 Å². The predicted molar refractivity (Wildman–Crippen MR) is 41.5 cm³/mol. The summed E-state index contributed by atoms with van der Waals surface area (Å²) in [7, 11) is 0. The number of aromatic nitrogens is 2. The Morgan fingerprint density at radius 2 is 2.27 bits per heavy atom. The summed E-state index contributed by atoms with van der Waals surface area (Å²) < 4.78 is 0. The van der Waals surface area contributed by atoms with Crippen LogP contribution in [0.2, 0.25) is 0 Å². The molecule has 0 radical (unpaired) electrons. The van der Waals surface area contributed by atoms with E-state index in [2.05, 4.69) is 15.5 Å². The predicted octanol–water partition coefficient (Wildman–Crippen LogP) is -0.0903. The maximum absolute atomic E-state index is 11.1. The van der Waals surface area contributed by atoms with E-state index in [4.69, 9.17) is 0 Å². The van der Waals surface area contributed by atoms with E-state index in [1.807, 2.05) is 6.92 Å². The fourth-order valence-electron chi connectivity index (χ4n) is 1.53. The molecule has 1 aliphatic rings. The van der Waals surface area contributed by atoms with Gasteiger partial charge >= 0.3 is 0 Å². The Morgan fingerprint density at radius 3 is 3.00 bits per heavy atom. The van der Waals surface area contributed by atoms with E-state index >= 15 is 0 Å². The van der Waals surface area contributed by atoms with Gasteiger partial charge in [0, 0.05) is 18.2 Å². The Balaban J connectivity index is 2.55. The van der Waals surface area contributed by atoms with Crippen molar-refractivity contribution in [3.63, 3.8) is 0 Å². The Hall–Kier alpha value is -1.03. The molecule has 1 aromatic rings. The van der Waals surface area contributed by atoms with Gasteiger partial charge in [-0.2, -0.15) is 0 Å². The Bertz CT molecular complexity index is 312. The van der Waals surface area contributed by atoms with E-state index in [1.54, 1.807) is 0 Å². The second-order valence-electron chi connectivity index (χ2n) is 2.90. The van der Waals surface area contributed by atoms with E-state index in [1.165, 1.54) is 0 Å². The second-order valence-corrected chi connectivity index (χ2v) is 2.90. The highest BCUT2D eigenvalue weighted by Crippen LogP contribution is 2.15. The Morgan fingerprint density at radius 1 is 1.45 bits per heavy atom. The fraction of sp³-hybridized carbons (Fsp3) is 0.571. The molecule has 0 amide bonds. The molecule has 3 N–H and O–H groups in total. The van der Waals surface area contributed by atoms with Gasteiger partial charge in [0.25, 0.3) is 5.56 Å². The summed E-state index contributed by atoms with van der Waals surface area (Å²) in [6.45, 7) is 2.94. The van der Waals surface area contributed by atoms with Crippen LogP contribution in [0.15, 0.2) is 4.79 Å². The average Bonchev–Trinajstić information content (AvgIpc) is 2.35. The molecule has 0 aliphatic carbocycles. The van der Waals surface area contributed by atoms with Crippen molar-refractivity contribution in [3.8, 4) is 0 Å². The lowest BCUT2D eigenvalue weighted by atomic mass is 10.0. The number of hydrogen-bond acceptors (Lipinski definition) is 2. The monoisotopic (exact) mass is 153 g/mol. The van der Waals surface area contributed by atoms with Crippen molar-refractivity contribution in [2.45, 2.75) is 19.4 Å². The molecule has 4 nitrogen and oxygen atoms in total. The van der Waals surface area contributed by atoms with Crippen LogP contribution in [0.1, 0.15) is 24.2 Å². The number of fused-ring (bicyclic) bond motifs is 1. The highest BCUT2D eigenvalue weighted by molar-refractivity contribution is 5.22. The number of aromatic amines is 2. The molecule has 4 heteroatoms. The van der Waals surface area contributed by atoms with Crippen molar-refractivity contribution in [3.05, 3.63) is 21.6 Å². The van der Waals surface area contributed by atoms with E-state index in [-0.39, 0.29) is 11.6 Å². The van der Waals surface area contributed by atoms with Crippen LogP contribution in [-0.2, 0) is 6.42 Å². The van der Waals surface area contributed by atoms with E-state index in [0.29, 0.717) is 0 Å². The fourth-order valence-corrected chi connectivity index (χ4v) is 1.53. The van der Waals surface area contributed by atoms with E-state index in [0.717, 1.165) is 24.2 Å². The molecular formula is C7H11N3O. The van der Waals surface area contributed by atoms with Gasteiger partial charge in [0.1, 0.15) is 0 Å². The highest BCUT2D eigenvalue weighted by atomic mass is 16.1. The molecule has 11 heavy (non-hydrogen) atoms. The standard InChI is InChI=1S/C7H11N3O/c1-4-6-5(2-3-8-4)7(11)10-9-6/h4,8H,2-3H2,1H3,(H2,9,10,11)/t4-/m0/s1. The van der Waals surface area contributed by atoms with Gasteiger partial charge in [-0.25, -0.2) is 0 Å². The molecule has 1 aliphatic heterocycles. The summed E-state index contributed by atoms with van der Waals surface area (Å²) in [5.41, 5.74) is 1.96. The molecule has 1 aromatic heterocycles. The quantitative estimate of drug-likeness (QED) is 0.488. The van der Waals surface area contributed by atoms with Crippen LogP contribution in [-0.4, -0.2) is 16.7 Å². The van der Waals surface area contributed by atoms with Gasteiger partial charge in [0.05, 0.1) is 5.69 Å². The molecule has 0 unspecified atom stereocenters. The van der Waals surface area contributed by atoms with Crippen molar-refractivity contribution in [2.75, 3.05) is 6.54 Å². The van der Waals surface area contributed by atoms with Crippen LogP contribution in [0.4, 0.5) is 0 Å². The molecule has 2 rings (SSSR count). The molecule has 0 spiro atoms. The second kappa shape index (κ2) is 2.23. The lowest BCUT2D eigenvalue weighted by Crippen LogP contribution is -2.29. The molecule has 1 atom stereocenters. The SMILES string of the molecule is C[C@@H]1NCCc2c1[nH][nH]c2=O. The average molecular weight is 153 g/mol. The largest absolute Gasteiger partial charge is 0.309 e. The van der Waals surface area contributed by atoms with Crippen LogP contribution < -0.4 is 10.9 Å². The third kappa shape index (κ3) is 0.903. The van der Waals surface area contributed by atoms with Crippen molar-refractivity contribution in [1.29, 1.82) is 0 Å². The molecule has 2 heterocycles. The molecular weight excluding hydrogens is 142 g/mol. The maximum Gasteiger partial charge on any atom is 0.267 e. The smallest absolute Gasteiger partial charge is 0.267 e. The topological polar surface area (TPSA) is 60.7 Å². The molecule has 0 saturated heterocycles. The zero-order chi connectivity index (χ0) is 7.84. The third-order valence-electron chi connectivity index (χ3n) is 2.17. The van der Waals surface area contributed by atoms with Gasteiger partial charge in [-0.05, 0) is 13.3 Å². The number of hydrogen-bond donors (Lipinski definition) is 3. The first-order valence-corrected chi connectivity index (χ1v) is 3.82. The highest BCUT2D eigenvalue weighted by Gasteiger charge is 2.19. The first kappa shape index (κ1) is 6.67. The van der Waals surface area contributed by atoms with Crippen molar-refractivity contribution in [1.82, 2.24) is 15.5 Å². The van der Waals surface area contributed by atoms with Gasteiger partial charge in [0.15, 0.2) is 0 Å². The van der Waals surface area contributed by atoms with E-state index in [9.17, 15) is 4.79 Å². The van der Waals surface area contributed by atoms with Crippen LogP contribution in [0, 0.1) is 0 Å². The minimum Gasteiger partial charge on any atom is -0.309 e. The molecule has 0 bridgehead atoms. The minimum atomic E-state index is 0.0355. The summed E-state index contributed by atoms with van der Waals surface area (Å²) >= 11 is 0. The lowest BCUT2D eigenvalue weighted by Gasteiger charge is -2.18. The lowest BCUT2D eigenvalue weighted by molar-refractivity contribution is 0.529. The Labute approximate surface area is 64.0 Å². The summed E-state index contributed by atoms with van der Waals surface area (Å²) in [6, 6.07) is 0.276. The summed E-state index contributed by atoms with van der Waals surface area (Å²) in [5.74, 6) is 0. The van der Waals surface area contributed by atoms with Crippen molar-refractivity contribution < 1.29 is 0 Å². The van der Waals surface area contributed by atoms with Crippen molar-refractivity contribution >= 4 is 0 Å². The Kier molecular flexibility index (Phi) is 1.35. The minimum absolute atomic E-state index is 0.0355. The van der Waals surface area contributed by atoms with Gasteiger partial charge in [-0.3, -0.25) is 9.89 Å². The first-order chi connectivity index (χ1) is 5.29. The van der Waals surface area contributed by atoms with Crippen LogP contribution >= 0.6 is 0 Å². The molecule has 0 fully saturated rings. The zero-order valence-corrected chi connectivity index (χ0v) is 6.40. The van der Waals surface area contributed by atoms with E-state index < -0.39 is 0 Å².